The predicted octanol–water partition coefficient (Wildman–Crippen LogP) is 1.91. The fraction of sp³-hybridized carbons (Fsp3) is 0.529. The standard InChI is InChI=1S/C17H22FNO2/c18-16-8-7-15(14(12-16)4-2-10-20)13-19-9-1-5-17(19)6-3-11-21/h7-8,12,17,20-21H,1,3,5-6,9-11,13H2. The lowest BCUT2D eigenvalue weighted by molar-refractivity contribution is 0.210. The number of nitrogens with zero attached hydrogens (tertiary/aromatic N) is 1. The minimum atomic E-state index is -0.306. The van der Waals surface area contributed by atoms with Gasteiger partial charge in [0.05, 0.1) is 0 Å². The SMILES string of the molecule is OCC#Cc1cc(F)ccc1CN1CCCC1CCCO. The van der Waals surface area contributed by atoms with Gasteiger partial charge >= 0.3 is 0 Å². The third-order valence-electron chi connectivity index (χ3n) is 3.94. The second kappa shape index (κ2) is 8.14. The summed E-state index contributed by atoms with van der Waals surface area (Å²) in [5, 5.41) is 17.8. The summed E-state index contributed by atoms with van der Waals surface area (Å²) in [5.74, 6) is 5.11. The molecular formula is C17H22FNO2. The van der Waals surface area contributed by atoms with E-state index < -0.39 is 0 Å². The molecule has 1 aliphatic heterocycles. The minimum Gasteiger partial charge on any atom is -0.396 e. The highest BCUT2D eigenvalue weighted by atomic mass is 19.1. The van der Waals surface area contributed by atoms with E-state index in [2.05, 4.69) is 16.7 Å². The van der Waals surface area contributed by atoms with E-state index in [1.807, 2.05) is 0 Å². The highest BCUT2D eigenvalue weighted by Gasteiger charge is 2.24. The van der Waals surface area contributed by atoms with Gasteiger partial charge in [-0.25, -0.2) is 4.39 Å². The van der Waals surface area contributed by atoms with Crippen LogP contribution < -0.4 is 0 Å². The lowest BCUT2D eigenvalue weighted by atomic mass is 10.1. The Morgan fingerprint density at radius 2 is 2.19 bits per heavy atom. The number of benzene rings is 1. The monoisotopic (exact) mass is 291 g/mol. The van der Waals surface area contributed by atoms with Crippen LogP contribution in [0.3, 0.4) is 0 Å². The maximum absolute atomic E-state index is 13.4. The Morgan fingerprint density at radius 1 is 1.33 bits per heavy atom. The van der Waals surface area contributed by atoms with Crippen LogP contribution in [-0.2, 0) is 6.54 Å². The molecule has 1 unspecified atom stereocenters. The van der Waals surface area contributed by atoms with Gasteiger partial charge in [0.1, 0.15) is 12.4 Å². The Balaban J connectivity index is 2.11. The molecule has 0 saturated carbocycles. The molecule has 0 aromatic heterocycles. The Morgan fingerprint density at radius 3 is 2.95 bits per heavy atom. The quantitative estimate of drug-likeness (QED) is 0.815. The number of hydrogen-bond donors (Lipinski definition) is 2. The second-order valence-electron chi connectivity index (χ2n) is 5.39. The van der Waals surface area contributed by atoms with Crippen molar-refractivity contribution in [3.63, 3.8) is 0 Å². The summed E-state index contributed by atoms with van der Waals surface area (Å²) >= 11 is 0. The van der Waals surface area contributed by atoms with Crippen LogP contribution in [0.2, 0.25) is 0 Å². The molecule has 0 spiro atoms. The Bertz CT molecular complexity index is 521. The average molecular weight is 291 g/mol. The van der Waals surface area contributed by atoms with Crippen molar-refractivity contribution >= 4 is 0 Å². The number of likely N-dealkylation sites (tertiary alicyclic amines) is 1. The van der Waals surface area contributed by atoms with E-state index in [1.54, 1.807) is 6.07 Å². The fourth-order valence-corrected chi connectivity index (χ4v) is 2.91. The molecule has 2 N–H and O–H groups in total. The summed E-state index contributed by atoms with van der Waals surface area (Å²) in [5.41, 5.74) is 1.64. The van der Waals surface area contributed by atoms with Crippen molar-refractivity contribution < 1.29 is 14.6 Å². The van der Waals surface area contributed by atoms with Crippen LogP contribution in [0.25, 0.3) is 0 Å². The lowest BCUT2D eigenvalue weighted by Crippen LogP contribution is -2.29. The van der Waals surface area contributed by atoms with Crippen LogP contribution in [0.5, 0.6) is 0 Å². The van der Waals surface area contributed by atoms with E-state index >= 15 is 0 Å². The largest absolute Gasteiger partial charge is 0.396 e. The first-order valence-corrected chi connectivity index (χ1v) is 7.47. The summed E-state index contributed by atoms with van der Waals surface area (Å²) in [6.45, 7) is 1.78. The zero-order valence-corrected chi connectivity index (χ0v) is 12.2. The molecule has 0 amide bonds. The van der Waals surface area contributed by atoms with Crippen LogP contribution in [-0.4, -0.2) is 40.9 Å². The van der Waals surface area contributed by atoms with Crippen LogP contribution in [0.1, 0.15) is 36.8 Å². The normalized spacial score (nSPS) is 18.5. The Labute approximate surface area is 125 Å². The number of rotatable bonds is 5. The number of aliphatic hydroxyl groups excluding tert-OH is 2. The molecule has 1 fully saturated rings. The molecule has 1 heterocycles. The first-order valence-electron chi connectivity index (χ1n) is 7.47. The molecule has 4 heteroatoms. The molecule has 0 bridgehead atoms. The molecule has 1 aromatic carbocycles. The highest BCUT2D eigenvalue weighted by Crippen LogP contribution is 2.24. The molecule has 2 rings (SSSR count). The zero-order valence-electron chi connectivity index (χ0n) is 12.2. The van der Waals surface area contributed by atoms with Gasteiger partial charge in [0.15, 0.2) is 0 Å². The maximum Gasteiger partial charge on any atom is 0.124 e. The van der Waals surface area contributed by atoms with Gasteiger partial charge in [-0.05, 0) is 49.9 Å². The van der Waals surface area contributed by atoms with Gasteiger partial charge in [-0.3, -0.25) is 4.90 Å². The van der Waals surface area contributed by atoms with Crippen LogP contribution in [0.15, 0.2) is 18.2 Å². The second-order valence-corrected chi connectivity index (χ2v) is 5.39. The van der Waals surface area contributed by atoms with Crippen LogP contribution in [0, 0.1) is 17.7 Å². The van der Waals surface area contributed by atoms with E-state index in [0.717, 1.165) is 44.3 Å². The fourth-order valence-electron chi connectivity index (χ4n) is 2.91. The first kappa shape index (κ1) is 16.0. The van der Waals surface area contributed by atoms with Gasteiger partial charge in [0.25, 0.3) is 0 Å². The summed E-state index contributed by atoms with van der Waals surface area (Å²) in [4.78, 5) is 2.38. The molecule has 1 aliphatic rings. The molecule has 0 radical (unpaired) electrons. The molecule has 1 aromatic rings. The molecule has 114 valence electrons. The number of halogens is 1. The lowest BCUT2D eigenvalue weighted by Gasteiger charge is -2.24. The van der Waals surface area contributed by atoms with E-state index in [4.69, 9.17) is 10.2 Å². The van der Waals surface area contributed by atoms with Crippen molar-refractivity contribution in [3.8, 4) is 11.8 Å². The molecule has 0 aliphatic carbocycles. The maximum atomic E-state index is 13.4. The van der Waals surface area contributed by atoms with Crippen molar-refractivity contribution in [1.82, 2.24) is 4.90 Å². The molecule has 1 atom stereocenters. The summed E-state index contributed by atoms with van der Waals surface area (Å²) < 4.78 is 13.4. The van der Waals surface area contributed by atoms with Crippen molar-refractivity contribution in [2.24, 2.45) is 0 Å². The van der Waals surface area contributed by atoms with E-state index in [-0.39, 0.29) is 19.0 Å². The molecule has 3 nitrogen and oxygen atoms in total. The molecule has 21 heavy (non-hydrogen) atoms. The van der Waals surface area contributed by atoms with Crippen molar-refractivity contribution in [2.75, 3.05) is 19.8 Å². The average Bonchev–Trinajstić information content (AvgIpc) is 2.92. The Kier molecular flexibility index (Phi) is 6.19. The van der Waals surface area contributed by atoms with Gasteiger partial charge in [-0.2, -0.15) is 0 Å². The predicted molar refractivity (Wildman–Crippen MR) is 80.1 cm³/mol. The van der Waals surface area contributed by atoms with E-state index in [0.29, 0.717) is 11.6 Å². The zero-order chi connectivity index (χ0) is 15.1. The van der Waals surface area contributed by atoms with Crippen molar-refractivity contribution in [2.45, 2.75) is 38.3 Å². The van der Waals surface area contributed by atoms with Crippen molar-refractivity contribution in [1.29, 1.82) is 0 Å². The highest BCUT2D eigenvalue weighted by molar-refractivity contribution is 5.41. The smallest absolute Gasteiger partial charge is 0.124 e. The minimum absolute atomic E-state index is 0.223. The van der Waals surface area contributed by atoms with Gasteiger partial charge in [0.2, 0.25) is 0 Å². The van der Waals surface area contributed by atoms with E-state index in [1.165, 1.54) is 12.1 Å². The first-order chi connectivity index (χ1) is 10.2. The summed E-state index contributed by atoms with van der Waals surface area (Å²) in [6.07, 6.45) is 4.13. The van der Waals surface area contributed by atoms with Gasteiger partial charge in [0, 0.05) is 24.8 Å². The number of hydrogen-bond acceptors (Lipinski definition) is 3. The number of aliphatic hydroxyl groups is 2. The topological polar surface area (TPSA) is 43.7 Å². The van der Waals surface area contributed by atoms with Crippen LogP contribution >= 0.6 is 0 Å². The summed E-state index contributed by atoms with van der Waals surface area (Å²) in [6, 6.07) is 5.15. The van der Waals surface area contributed by atoms with Gasteiger partial charge in [-0.15, -0.1) is 0 Å². The summed E-state index contributed by atoms with van der Waals surface area (Å²) in [7, 11) is 0. The van der Waals surface area contributed by atoms with Crippen molar-refractivity contribution in [3.05, 3.63) is 35.1 Å². The third-order valence-corrected chi connectivity index (χ3v) is 3.94. The van der Waals surface area contributed by atoms with Gasteiger partial charge < -0.3 is 10.2 Å². The molecular weight excluding hydrogens is 269 g/mol. The Hall–Kier alpha value is -1.41. The van der Waals surface area contributed by atoms with E-state index in [9.17, 15) is 4.39 Å². The van der Waals surface area contributed by atoms with Gasteiger partial charge in [-0.1, -0.05) is 17.9 Å². The molecule has 1 saturated heterocycles. The third kappa shape index (κ3) is 4.53. The van der Waals surface area contributed by atoms with Crippen LogP contribution in [0.4, 0.5) is 4.39 Å².